The van der Waals surface area contributed by atoms with Crippen LogP contribution in [0, 0.1) is 11.9 Å². The maximum atomic E-state index is 12.9. The molecule has 1 N–H and O–H groups in total. The monoisotopic (exact) mass is 216 g/mol. The predicted octanol–water partition coefficient (Wildman–Crippen LogP) is 1.33. The number of nitrogens with zero attached hydrogens (tertiary/aromatic N) is 1. The van der Waals surface area contributed by atoms with Crippen molar-refractivity contribution in [3.63, 3.8) is 0 Å². The number of ether oxygens (including phenoxy) is 1. The first kappa shape index (κ1) is 11.5. The first-order chi connectivity index (χ1) is 7.13. The van der Waals surface area contributed by atoms with Crippen LogP contribution in [0.1, 0.15) is 6.42 Å². The summed E-state index contributed by atoms with van der Waals surface area (Å²) in [4.78, 5) is 14.1. The number of aromatic nitrogens is 1. The highest BCUT2D eigenvalue weighted by Crippen LogP contribution is 2.11. The van der Waals surface area contributed by atoms with Crippen molar-refractivity contribution in [3.05, 3.63) is 24.0 Å². The van der Waals surface area contributed by atoms with Crippen molar-refractivity contribution in [2.45, 2.75) is 6.42 Å². The zero-order valence-corrected chi connectivity index (χ0v) is 8.09. The van der Waals surface area contributed by atoms with Crippen LogP contribution in [-0.2, 0) is 9.53 Å². The molecule has 4 nitrogen and oxygen atoms in total. The van der Waals surface area contributed by atoms with Crippen LogP contribution in [0.3, 0.4) is 0 Å². The van der Waals surface area contributed by atoms with Gasteiger partial charge < -0.3 is 10.1 Å². The Labute approximate surface area is 85.3 Å². The molecule has 0 aliphatic heterocycles. The zero-order chi connectivity index (χ0) is 11.3. The third kappa shape index (κ3) is 3.59. The van der Waals surface area contributed by atoms with Gasteiger partial charge >= 0.3 is 0 Å². The third-order valence-electron chi connectivity index (χ3n) is 1.62. The Kier molecular flexibility index (Phi) is 4.11. The van der Waals surface area contributed by atoms with Crippen molar-refractivity contribution in [2.75, 3.05) is 19.0 Å². The fourth-order valence-corrected chi connectivity index (χ4v) is 0.913. The molecule has 6 heteroatoms. The van der Waals surface area contributed by atoms with E-state index in [0.717, 1.165) is 12.1 Å². The van der Waals surface area contributed by atoms with E-state index in [4.69, 9.17) is 0 Å². The van der Waals surface area contributed by atoms with Gasteiger partial charge in [-0.25, -0.2) is 0 Å². The Morgan fingerprint density at radius 3 is 2.87 bits per heavy atom. The lowest BCUT2D eigenvalue weighted by molar-refractivity contribution is -0.117. The van der Waals surface area contributed by atoms with Gasteiger partial charge in [-0.1, -0.05) is 0 Å². The normalized spacial score (nSPS) is 10.1. The molecule has 0 saturated heterocycles. The molecule has 15 heavy (non-hydrogen) atoms. The average Bonchev–Trinajstić information content (AvgIpc) is 2.19. The first-order valence-electron chi connectivity index (χ1n) is 4.24. The van der Waals surface area contributed by atoms with Crippen LogP contribution in [0.15, 0.2) is 12.1 Å². The SMILES string of the molecule is COCCC(=O)Nc1ccc(F)nc1F. The molecule has 0 radical (unpaired) electrons. The Morgan fingerprint density at radius 1 is 1.53 bits per heavy atom. The van der Waals surface area contributed by atoms with Gasteiger partial charge in [0.1, 0.15) is 0 Å². The van der Waals surface area contributed by atoms with Crippen molar-refractivity contribution in [1.29, 1.82) is 0 Å². The summed E-state index contributed by atoms with van der Waals surface area (Å²) in [5.74, 6) is -2.38. The molecule has 1 heterocycles. The Hall–Kier alpha value is -1.56. The zero-order valence-electron chi connectivity index (χ0n) is 8.09. The van der Waals surface area contributed by atoms with Gasteiger partial charge in [-0.3, -0.25) is 4.79 Å². The van der Waals surface area contributed by atoms with E-state index in [1.807, 2.05) is 0 Å². The number of nitrogens with one attached hydrogen (secondary N) is 1. The summed E-state index contributed by atoms with van der Waals surface area (Å²) in [5.41, 5.74) is -0.141. The number of halogens is 2. The highest BCUT2D eigenvalue weighted by atomic mass is 19.1. The molecule has 0 spiro atoms. The quantitative estimate of drug-likeness (QED) is 0.772. The molecule has 1 amide bonds. The van der Waals surface area contributed by atoms with Gasteiger partial charge in [-0.2, -0.15) is 13.8 Å². The molecule has 1 aromatic rings. The van der Waals surface area contributed by atoms with E-state index in [0.29, 0.717) is 0 Å². The van der Waals surface area contributed by atoms with Crippen LogP contribution in [0.25, 0.3) is 0 Å². The first-order valence-corrected chi connectivity index (χ1v) is 4.24. The van der Waals surface area contributed by atoms with E-state index in [2.05, 4.69) is 15.0 Å². The van der Waals surface area contributed by atoms with Gasteiger partial charge in [-0.05, 0) is 12.1 Å². The second kappa shape index (κ2) is 5.35. The molecule has 0 fully saturated rings. The second-order valence-corrected chi connectivity index (χ2v) is 2.76. The number of anilines is 1. The van der Waals surface area contributed by atoms with Crippen LogP contribution in [0.2, 0.25) is 0 Å². The third-order valence-corrected chi connectivity index (χ3v) is 1.62. The molecule has 0 atom stereocenters. The molecule has 1 aromatic heterocycles. The molecule has 0 aromatic carbocycles. The summed E-state index contributed by atoms with van der Waals surface area (Å²) in [5, 5.41) is 2.25. The van der Waals surface area contributed by atoms with E-state index in [1.165, 1.54) is 7.11 Å². The molecule has 0 bridgehead atoms. The van der Waals surface area contributed by atoms with Crippen molar-refractivity contribution in [1.82, 2.24) is 4.98 Å². The number of pyridine rings is 1. The molecule has 0 unspecified atom stereocenters. The average molecular weight is 216 g/mol. The van der Waals surface area contributed by atoms with E-state index in [-0.39, 0.29) is 18.7 Å². The molecule has 0 saturated carbocycles. The van der Waals surface area contributed by atoms with E-state index >= 15 is 0 Å². The van der Waals surface area contributed by atoms with Crippen LogP contribution in [-0.4, -0.2) is 24.6 Å². The molecule has 0 aliphatic rings. The Morgan fingerprint density at radius 2 is 2.27 bits per heavy atom. The minimum absolute atomic E-state index is 0.104. The highest BCUT2D eigenvalue weighted by molar-refractivity contribution is 5.90. The lowest BCUT2D eigenvalue weighted by atomic mass is 10.3. The molecular weight excluding hydrogens is 206 g/mol. The fraction of sp³-hybridized carbons (Fsp3) is 0.333. The van der Waals surface area contributed by atoms with E-state index < -0.39 is 17.8 Å². The number of hydrogen-bond donors (Lipinski definition) is 1. The van der Waals surface area contributed by atoms with Gasteiger partial charge in [0.25, 0.3) is 0 Å². The maximum Gasteiger partial charge on any atom is 0.239 e. The highest BCUT2D eigenvalue weighted by Gasteiger charge is 2.08. The lowest BCUT2D eigenvalue weighted by Gasteiger charge is -2.04. The molecular formula is C9H10F2N2O2. The van der Waals surface area contributed by atoms with E-state index in [9.17, 15) is 13.6 Å². The minimum Gasteiger partial charge on any atom is -0.384 e. The van der Waals surface area contributed by atoms with Crippen molar-refractivity contribution >= 4 is 11.6 Å². The topological polar surface area (TPSA) is 51.2 Å². The van der Waals surface area contributed by atoms with Crippen molar-refractivity contribution < 1.29 is 18.3 Å². The minimum atomic E-state index is -1.04. The number of carbonyl (C=O) groups is 1. The maximum absolute atomic E-state index is 12.9. The standard InChI is InChI=1S/C9H10F2N2O2/c1-15-5-4-8(14)12-6-2-3-7(10)13-9(6)11/h2-3H,4-5H2,1H3,(H,12,14). The number of carbonyl (C=O) groups excluding carboxylic acids is 1. The van der Waals surface area contributed by atoms with Crippen molar-refractivity contribution in [3.8, 4) is 0 Å². The lowest BCUT2D eigenvalue weighted by Crippen LogP contribution is -2.15. The fourth-order valence-electron chi connectivity index (χ4n) is 0.913. The summed E-state index contributed by atoms with van der Waals surface area (Å²) in [6.45, 7) is 0.238. The summed E-state index contributed by atoms with van der Waals surface area (Å²) < 4.78 is 30.0. The van der Waals surface area contributed by atoms with Crippen LogP contribution in [0.4, 0.5) is 14.5 Å². The van der Waals surface area contributed by atoms with Gasteiger partial charge in [0.05, 0.1) is 18.7 Å². The summed E-state index contributed by atoms with van der Waals surface area (Å²) in [6.07, 6.45) is 0.104. The Bertz CT molecular complexity index is 358. The number of hydrogen-bond acceptors (Lipinski definition) is 3. The van der Waals surface area contributed by atoms with Gasteiger partial charge in [0, 0.05) is 7.11 Å². The second-order valence-electron chi connectivity index (χ2n) is 2.76. The summed E-state index contributed by atoms with van der Waals surface area (Å²) in [6, 6.07) is 2.08. The van der Waals surface area contributed by atoms with E-state index in [1.54, 1.807) is 0 Å². The van der Waals surface area contributed by atoms with Crippen LogP contribution >= 0.6 is 0 Å². The number of amides is 1. The summed E-state index contributed by atoms with van der Waals surface area (Å²) >= 11 is 0. The number of methoxy groups -OCH3 is 1. The number of rotatable bonds is 4. The molecule has 1 rings (SSSR count). The van der Waals surface area contributed by atoms with Crippen molar-refractivity contribution in [2.24, 2.45) is 0 Å². The van der Waals surface area contributed by atoms with Gasteiger partial charge in [0.2, 0.25) is 17.8 Å². The Balaban J connectivity index is 2.60. The van der Waals surface area contributed by atoms with Gasteiger partial charge in [-0.15, -0.1) is 0 Å². The predicted molar refractivity (Wildman–Crippen MR) is 49.3 cm³/mol. The molecule has 0 aliphatic carbocycles. The smallest absolute Gasteiger partial charge is 0.239 e. The molecule has 82 valence electrons. The largest absolute Gasteiger partial charge is 0.384 e. The van der Waals surface area contributed by atoms with Gasteiger partial charge in [0.15, 0.2) is 0 Å². The van der Waals surface area contributed by atoms with Crippen LogP contribution in [0.5, 0.6) is 0 Å². The summed E-state index contributed by atoms with van der Waals surface area (Å²) in [7, 11) is 1.45. The van der Waals surface area contributed by atoms with Crippen LogP contribution < -0.4 is 5.32 Å².